The van der Waals surface area contributed by atoms with Gasteiger partial charge in [-0.15, -0.1) is 0 Å². The average molecular weight is 642 g/mol. The van der Waals surface area contributed by atoms with Crippen LogP contribution in [-0.4, -0.2) is 95.0 Å². The first-order chi connectivity index (χ1) is 21.1. The van der Waals surface area contributed by atoms with Crippen LogP contribution in [0.2, 0.25) is 0 Å². The Morgan fingerprint density at radius 1 is 0.419 bits per heavy atom. The Hall–Kier alpha value is -1.97. The molecule has 3 rings (SSSR count). The van der Waals surface area contributed by atoms with Gasteiger partial charge < -0.3 is 31.5 Å². The van der Waals surface area contributed by atoms with E-state index in [1.807, 2.05) is 0 Å². The topological polar surface area (TPSA) is 58.6 Å². The summed E-state index contributed by atoms with van der Waals surface area (Å²) >= 11 is 0. The summed E-state index contributed by atoms with van der Waals surface area (Å²) in [4.78, 5) is 2.60. The van der Waals surface area contributed by atoms with Crippen LogP contribution in [0.15, 0.2) is 91.0 Å². The summed E-state index contributed by atoms with van der Waals surface area (Å²) in [5.74, 6) is 0. The zero-order valence-electron chi connectivity index (χ0n) is 26.8. The Kier molecular flexibility index (Phi) is 16.6. The van der Waals surface area contributed by atoms with E-state index in [0.29, 0.717) is 0 Å². The van der Waals surface area contributed by atoms with Crippen LogP contribution < -0.4 is 0 Å². The molecule has 43 heavy (non-hydrogen) atoms. The third-order valence-electron chi connectivity index (χ3n) is 8.33. The Balaban J connectivity index is 1.86. The fourth-order valence-corrected chi connectivity index (χ4v) is 11.5. The molecule has 0 aliphatic heterocycles. The maximum atomic E-state index is 5.92. The molecule has 3 aromatic rings. The van der Waals surface area contributed by atoms with Crippen molar-refractivity contribution in [1.82, 2.24) is 4.90 Å². The lowest BCUT2D eigenvalue weighted by Gasteiger charge is -2.32. The van der Waals surface area contributed by atoms with E-state index in [1.165, 1.54) is 16.7 Å². The summed E-state index contributed by atoms with van der Waals surface area (Å²) in [6.07, 6.45) is 2.87. The minimum atomic E-state index is -1.92. The normalized spacial score (nSPS) is 14.1. The summed E-state index contributed by atoms with van der Waals surface area (Å²) in [5.41, 5.74) is 4.58. The Morgan fingerprint density at radius 3 is 0.860 bits per heavy atom. The van der Waals surface area contributed by atoms with Crippen LogP contribution in [0.25, 0.3) is 0 Å². The number of hydrogen-bond acceptors (Lipinski definition) is 7. The third-order valence-corrected chi connectivity index (χ3v) is 15.2. The SMILES string of the molecule is CO[SiH](OC)C(CCN(CCC(c1ccccc1)[SiH](OC)OC)CCC(c1ccccc1)[SiH](OC)OC)c1ccccc1. The standard InChI is InChI=1S/C33H51NO6Si3/c1-35-41(36-2)31(28-16-10-7-11-17-28)22-25-34(26-23-32(42(37-3)38-4)29-18-12-8-13-19-29)27-24-33(43(39-5)40-6)30-20-14-9-15-21-30/h7-21,31-33,41-43H,22-27H2,1-6H3. The Morgan fingerprint density at radius 2 is 0.651 bits per heavy atom. The van der Waals surface area contributed by atoms with Gasteiger partial charge in [-0.1, -0.05) is 91.0 Å². The van der Waals surface area contributed by atoms with E-state index >= 15 is 0 Å². The summed E-state index contributed by atoms with van der Waals surface area (Å²) in [6, 6.07) is 32.0. The summed E-state index contributed by atoms with van der Waals surface area (Å²) < 4.78 is 35.5. The van der Waals surface area contributed by atoms with Crippen molar-refractivity contribution in [3.63, 3.8) is 0 Å². The van der Waals surface area contributed by atoms with Crippen LogP contribution in [0, 0.1) is 0 Å². The van der Waals surface area contributed by atoms with Crippen LogP contribution in [-0.2, 0) is 26.6 Å². The maximum Gasteiger partial charge on any atom is 0.328 e. The molecular formula is C33H51NO6Si3. The molecule has 3 unspecified atom stereocenters. The largest absolute Gasteiger partial charge is 0.400 e. The van der Waals surface area contributed by atoms with E-state index in [2.05, 4.69) is 95.9 Å². The second-order valence-electron chi connectivity index (χ2n) is 10.8. The molecule has 0 heterocycles. The van der Waals surface area contributed by atoms with E-state index in [0.717, 1.165) is 38.9 Å². The lowest BCUT2D eigenvalue weighted by Crippen LogP contribution is -2.38. The lowest BCUT2D eigenvalue weighted by molar-refractivity contribution is 0.221. The van der Waals surface area contributed by atoms with Gasteiger partial charge in [0, 0.05) is 59.3 Å². The highest BCUT2D eigenvalue weighted by Crippen LogP contribution is 2.29. The molecule has 0 aliphatic carbocycles. The van der Waals surface area contributed by atoms with Gasteiger partial charge in [0.1, 0.15) is 0 Å². The first-order valence-electron chi connectivity index (χ1n) is 15.1. The summed E-state index contributed by atoms with van der Waals surface area (Å²) in [6.45, 7) is 2.78. The van der Waals surface area contributed by atoms with Crippen molar-refractivity contribution in [3.05, 3.63) is 108 Å². The predicted octanol–water partition coefficient (Wildman–Crippen LogP) is 4.97. The van der Waals surface area contributed by atoms with Crippen LogP contribution in [0.3, 0.4) is 0 Å². The van der Waals surface area contributed by atoms with Crippen LogP contribution >= 0.6 is 0 Å². The molecule has 0 amide bonds. The highest BCUT2D eigenvalue weighted by molar-refractivity contribution is 6.47. The van der Waals surface area contributed by atoms with Crippen molar-refractivity contribution < 1.29 is 26.6 Å². The van der Waals surface area contributed by atoms with Crippen LogP contribution in [0.4, 0.5) is 0 Å². The van der Waals surface area contributed by atoms with Gasteiger partial charge in [0.05, 0.1) is 0 Å². The summed E-state index contributed by atoms with van der Waals surface area (Å²) in [7, 11) is 4.94. The molecule has 0 aliphatic rings. The smallest absolute Gasteiger partial charge is 0.328 e. The second kappa shape index (κ2) is 20.1. The van der Waals surface area contributed by atoms with Crippen molar-refractivity contribution in [3.8, 4) is 0 Å². The highest BCUT2D eigenvalue weighted by atomic mass is 28.3. The first-order valence-corrected chi connectivity index (χ1v) is 20.0. The highest BCUT2D eigenvalue weighted by Gasteiger charge is 2.31. The molecule has 0 bridgehead atoms. The molecule has 0 saturated heterocycles. The van der Waals surface area contributed by atoms with E-state index in [4.69, 9.17) is 26.6 Å². The number of hydrogen-bond donors (Lipinski definition) is 0. The minimum Gasteiger partial charge on any atom is -0.400 e. The maximum absolute atomic E-state index is 5.92. The van der Waals surface area contributed by atoms with Gasteiger partial charge in [0.15, 0.2) is 0 Å². The van der Waals surface area contributed by atoms with E-state index in [9.17, 15) is 0 Å². The molecule has 3 aromatic carbocycles. The lowest BCUT2D eigenvalue weighted by atomic mass is 10.1. The summed E-state index contributed by atoms with van der Waals surface area (Å²) in [5, 5.41) is 0. The van der Waals surface area contributed by atoms with Crippen LogP contribution in [0.1, 0.15) is 52.6 Å². The van der Waals surface area contributed by atoms with Crippen molar-refractivity contribution >= 4 is 27.9 Å². The monoisotopic (exact) mass is 641 g/mol. The predicted molar refractivity (Wildman–Crippen MR) is 181 cm³/mol. The molecule has 0 fully saturated rings. The Labute approximate surface area is 264 Å². The molecule has 0 N–H and O–H groups in total. The van der Waals surface area contributed by atoms with Crippen molar-refractivity contribution in [2.75, 3.05) is 62.3 Å². The zero-order chi connectivity index (χ0) is 30.9. The molecular weight excluding hydrogens is 591 g/mol. The number of rotatable bonds is 21. The number of nitrogens with zero attached hydrogens (tertiary/aromatic N) is 1. The molecule has 3 atom stereocenters. The molecule has 10 heteroatoms. The first kappa shape index (κ1) is 35.5. The van der Waals surface area contributed by atoms with Gasteiger partial charge in [0.25, 0.3) is 0 Å². The van der Waals surface area contributed by atoms with E-state index in [1.54, 1.807) is 42.7 Å². The minimum absolute atomic E-state index is 0.244. The zero-order valence-corrected chi connectivity index (χ0v) is 30.2. The number of benzene rings is 3. The molecule has 0 aromatic heterocycles. The molecule has 0 radical (unpaired) electrons. The van der Waals surface area contributed by atoms with Crippen molar-refractivity contribution in [1.29, 1.82) is 0 Å². The van der Waals surface area contributed by atoms with E-state index in [-0.39, 0.29) is 16.6 Å². The second-order valence-corrected chi connectivity index (χ2v) is 18.2. The average Bonchev–Trinajstić information content (AvgIpc) is 3.07. The fraction of sp³-hybridized carbons (Fsp3) is 0.455. The van der Waals surface area contributed by atoms with E-state index < -0.39 is 27.9 Å². The third kappa shape index (κ3) is 10.9. The van der Waals surface area contributed by atoms with Gasteiger partial charge >= 0.3 is 27.9 Å². The molecule has 0 saturated carbocycles. The van der Waals surface area contributed by atoms with Crippen molar-refractivity contribution in [2.24, 2.45) is 0 Å². The van der Waals surface area contributed by atoms with Crippen molar-refractivity contribution in [2.45, 2.75) is 35.9 Å². The Bertz CT molecular complexity index is 964. The molecule has 236 valence electrons. The van der Waals surface area contributed by atoms with Gasteiger partial charge in [0.2, 0.25) is 0 Å². The van der Waals surface area contributed by atoms with Crippen LogP contribution in [0.5, 0.6) is 0 Å². The fourth-order valence-electron chi connectivity index (χ4n) is 6.06. The van der Waals surface area contributed by atoms with Gasteiger partial charge in [-0.25, -0.2) is 0 Å². The molecule has 0 spiro atoms. The quantitative estimate of drug-likeness (QED) is 0.152. The van der Waals surface area contributed by atoms with Gasteiger partial charge in [-0.3, -0.25) is 0 Å². The van der Waals surface area contributed by atoms with Gasteiger partial charge in [-0.05, 0) is 55.6 Å². The molecule has 7 nitrogen and oxygen atoms in total. The van der Waals surface area contributed by atoms with Gasteiger partial charge in [-0.2, -0.15) is 0 Å².